The molecule has 1 aromatic rings. The number of carbonyl (C=O) groups excluding carboxylic acids is 1. The summed E-state index contributed by atoms with van der Waals surface area (Å²) in [6, 6.07) is 5.19. The average molecular weight is 799 g/mol. The number of benzene rings is 1. The van der Waals surface area contributed by atoms with E-state index < -0.39 is 76.3 Å². The fourth-order valence-corrected chi connectivity index (χ4v) is 3.49. The summed E-state index contributed by atoms with van der Waals surface area (Å²) in [7, 11) is 0. The first-order valence-electron chi connectivity index (χ1n) is 9.54. The van der Waals surface area contributed by atoms with Crippen LogP contribution in [0.4, 0.5) is 74.6 Å². The van der Waals surface area contributed by atoms with E-state index in [1.165, 1.54) is 24.3 Å². The van der Waals surface area contributed by atoms with E-state index >= 15 is 0 Å². The Kier molecular flexibility index (Phi) is 10.3. The van der Waals surface area contributed by atoms with Gasteiger partial charge in [0.25, 0.3) is 0 Å². The Bertz CT molecular complexity index is 1110. The molecule has 0 aliphatic heterocycles. The van der Waals surface area contributed by atoms with Gasteiger partial charge >= 0.3 is 53.6 Å². The molecule has 0 heterocycles. The Hall–Kier alpha value is -1.55. The van der Waals surface area contributed by atoms with Gasteiger partial charge in [-0.15, -0.1) is 0 Å². The molecular formula is C19H9BrF17IO2. The molecule has 0 radical (unpaired) electrons. The lowest BCUT2D eigenvalue weighted by Gasteiger charge is -2.42. The second-order valence-electron chi connectivity index (χ2n) is 7.55. The summed E-state index contributed by atoms with van der Waals surface area (Å²) in [5.74, 6) is -58.0. The molecule has 1 rings (SSSR count). The summed E-state index contributed by atoms with van der Waals surface area (Å²) in [6.45, 7) is -0.953. The van der Waals surface area contributed by atoms with Gasteiger partial charge in [0, 0.05) is 17.0 Å². The minimum Gasteiger partial charge on any atom is -0.462 e. The highest BCUT2D eigenvalue weighted by Crippen LogP contribution is 2.64. The third-order valence-corrected chi connectivity index (χ3v) is 6.06. The molecular weight excluding hydrogens is 790 g/mol. The molecule has 0 atom stereocenters. The Labute approximate surface area is 233 Å². The molecule has 0 bridgehead atoms. The van der Waals surface area contributed by atoms with E-state index in [4.69, 9.17) is 0 Å². The van der Waals surface area contributed by atoms with Crippen LogP contribution in [0.2, 0.25) is 0 Å². The number of halogens is 19. The molecule has 0 amide bonds. The van der Waals surface area contributed by atoms with Crippen molar-refractivity contribution < 1.29 is 84.2 Å². The van der Waals surface area contributed by atoms with Crippen molar-refractivity contribution in [3.63, 3.8) is 0 Å². The highest BCUT2D eigenvalue weighted by Gasteiger charge is 2.95. The summed E-state index contributed by atoms with van der Waals surface area (Å²) < 4.78 is 230. The maximum absolute atomic E-state index is 14.0. The van der Waals surface area contributed by atoms with Gasteiger partial charge in [0.2, 0.25) is 0 Å². The maximum Gasteiger partial charge on any atom is 0.460 e. The summed E-state index contributed by atoms with van der Waals surface area (Å²) in [6.07, 6.45) is -10.1. The van der Waals surface area contributed by atoms with Crippen LogP contribution in [0.1, 0.15) is 16.8 Å². The van der Waals surface area contributed by atoms with Crippen molar-refractivity contribution in [1.82, 2.24) is 0 Å². The van der Waals surface area contributed by atoms with Gasteiger partial charge < -0.3 is 4.74 Å². The first-order chi connectivity index (χ1) is 17.5. The normalized spacial score (nSPS) is 15.3. The second-order valence-corrected chi connectivity index (χ2v) is 9.86. The number of allylic oxidation sites excluding steroid dienone is 1. The molecule has 0 fully saturated rings. The van der Waals surface area contributed by atoms with E-state index in [2.05, 4.69) is 20.7 Å². The zero-order chi connectivity index (χ0) is 32.0. The smallest absolute Gasteiger partial charge is 0.460 e. The first kappa shape index (κ1) is 36.5. The van der Waals surface area contributed by atoms with Crippen molar-refractivity contribution in [2.75, 3.05) is 6.61 Å². The van der Waals surface area contributed by atoms with Crippen molar-refractivity contribution in [3.8, 4) is 0 Å². The largest absolute Gasteiger partial charge is 0.462 e. The van der Waals surface area contributed by atoms with Crippen LogP contribution in [-0.4, -0.2) is 60.2 Å². The SMILES string of the molecule is O=C(OCCC(I)=CC(F)(F)C(F)(F)C(F)(F)C(F)(F)C(F)(F)C(F)(F)C(F)(F)C(F)(F)F)c1cccc(Br)c1. The molecule has 2 nitrogen and oxygen atoms in total. The van der Waals surface area contributed by atoms with Gasteiger partial charge in [-0.1, -0.05) is 22.0 Å². The molecule has 40 heavy (non-hydrogen) atoms. The third kappa shape index (κ3) is 6.13. The van der Waals surface area contributed by atoms with Gasteiger partial charge in [-0.25, -0.2) is 4.79 Å². The van der Waals surface area contributed by atoms with Crippen LogP contribution in [0.15, 0.2) is 38.4 Å². The van der Waals surface area contributed by atoms with Crippen molar-refractivity contribution in [2.24, 2.45) is 0 Å². The van der Waals surface area contributed by atoms with Gasteiger partial charge in [-0.2, -0.15) is 74.6 Å². The Morgan fingerprint density at radius 3 is 1.57 bits per heavy atom. The summed E-state index contributed by atoms with van der Waals surface area (Å²) >= 11 is 3.68. The monoisotopic (exact) mass is 798 g/mol. The molecule has 1 aromatic carbocycles. The number of hydrogen-bond donors (Lipinski definition) is 0. The van der Waals surface area contributed by atoms with Crippen LogP contribution < -0.4 is 0 Å². The molecule has 21 heteroatoms. The quantitative estimate of drug-likeness (QED) is 0.127. The fourth-order valence-electron chi connectivity index (χ4n) is 2.48. The molecule has 0 spiro atoms. The van der Waals surface area contributed by atoms with Crippen LogP contribution in [-0.2, 0) is 4.74 Å². The zero-order valence-corrected chi connectivity index (χ0v) is 22.0. The van der Waals surface area contributed by atoms with Gasteiger partial charge in [-0.3, -0.25) is 0 Å². The first-order valence-corrected chi connectivity index (χ1v) is 11.4. The van der Waals surface area contributed by atoms with E-state index in [0.29, 0.717) is 27.1 Å². The van der Waals surface area contributed by atoms with Crippen LogP contribution in [0.3, 0.4) is 0 Å². The molecule has 0 unspecified atom stereocenters. The minimum absolute atomic E-state index is 0.138. The lowest BCUT2D eigenvalue weighted by molar-refractivity contribution is -0.459. The number of esters is 1. The maximum atomic E-state index is 14.0. The van der Waals surface area contributed by atoms with Gasteiger partial charge in [0.05, 0.1) is 12.2 Å². The van der Waals surface area contributed by atoms with E-state index in [0.717, 1.165) is 0 Å². The van der Waals surface area contributed by atoms with Crippen molar-refractivity contribution in [1.29, 1.82) is 0 Å². The molecule has 0 aliphatic rings. The molecule has 0 aliphatic carbocycles. The molecule has 230 valence electrons. The summed E-state index contributed by atoms with van der Waals surface area (Å²) in [5, 5.41) is 0. The number of carbonyl (C=O) groups is 1. The lowest BCUT2D eigenvalue weighted by atomic mass is 9.89. The summed E-state index contributed by atoms with van der Waals surface area (Å²) in [4.78, 5) is 11.8. The Morgan fingerprint density at radius 2 is 1.15 bits per heavy atom. The van der Waals surface area contributed by atoms with E-state index in [1.54, 1.807) is 0 Å². The predicted octanol–water partition coefficient (Wildman–Crippen LogP) is 9.32. The average Bonchev–Trinajstić information content (AvgIpc) is 2.77. The van der Waals surface area contributed by atoms with Gasteiger partial charge in [0.1, 0.15) is 0 Å². The highest BCUT2D eigenvalue weighted by atomic mass is 127. The topological polar surface area (TPSA) is 26.3 Å². The third-order valence-electron chi connectivity index (χ3n) is 4.72. The number of ether oxygens (including phenoxy) is 1. The fraction of sp³-hybridized carbons (Fsp3) is 0.526. The van der Waals surface area contributed by atoms with Gasteiger partial charge in [-0.05, 0) is 44.4 Å². The predicted molar refractivity (Wildman–Crippen MR) is 112 cm³/mol. The minimum atomic E-state index is -8.68. The van der Waals surface area contributed by atoms with Crippen LogP contribution >= 0.6 is 38.5 Å². The van der Waals surface area contributed by atoms with Crippen LogP contribution in [0.5, 0.6) is 0 Å². The van der Waals surface area contributed by atoms with Crippen molar-refractivity contribution >= 4 is 44.5 Å². The number of rotatable bonds is 11. The van der Waals surface area contributed by atoms with Crippen molar-refractivity contribution in [2.45, 2.75) is 54.1 Å². The molecule has 0 saturated carbocycles. The molecule has 0 N–H and O–H groups in total. The van der Waals surface area contributed by atoms with Crippen LogP contribution in [0.25, 0.3) is 0 Å². The molecule has 0 aromatic heterocycles. The lowest BCUT2D eigenvalue weighted by Crippen LogP contribution is -2.74. The number of hydrogen-bond acceptors (Lipinski definition) is 2. The molecule has 0 saturated heterocycles. The summed E-state index contributed by atoms with van der Waals surface area (Å²) in [5.41, 5.74) is -0.138. The Balaban J connectivity index is 3.30. The van der Waals surface area contributed by atoms with E-state index in [-0.39, 0.29) is 5.56 Å². The van der Waals surface area contributed by atoms with E-state index in [9.17, 15) is 79.4 Å². The number of alkyl halides is 17. The highest BCUT2D eigenvalue weighted by molar-refractivity contribution is 14.1. The van der Waals surface area contributed by atoms with Crippen molar-refractivity contribution in [3.05, 3.63) is 44.0 Å². The Morgan fingerprint density at radius 1 is 0.725 bits per heavy atom. The standard InChI is InChI=1S/C19H9BrF17IO2/c20-9-3-1-2-8(6-9)11(39)40-5-4-10(38)7-12(21,22)13(23,24)14(25,26)15(27,28)16(29,30)17(31,32)18(33,34)19(35,36)37/h1-3,6-7H,4-5H2. The van der Waals surface area contributed by atoms with Gasteiger partial charge in [0.15, 0.2) is 0 Å². The van der Waals surface area contributed by atoms with Crippen LogP contribution in [0, 0.1) is 0 Å². The second kappa shape index (κ2) is 11.3. The zero-order valence-electron chi connectivity index (χ0n) is 18.3. The van der Waals surface area contributed by atoms with E-state index in [1.807, 2.05) is 0 Å².